The van der Waals surface area contributed by atoms with Crippen molar-refractivity contribution >= 4 is 30.4 Å². The number of allylic oxidation sites excluding steroid dienone is 2. The molecule has 0 bridgehead atoms. The molecule has 5 N–H and O–H groups in total. The number of aliphatic hydroxyl groups excluding tert-OH is 4. The number of hydrazone groups is 1. The molecule has 5 aliphatic heterocycles. The smallest absolute Gasteiger partial charge is 0.433 e. The number of aliphatic hydroxyl groups is 5. The van der Waals surface area contributed by atoms with Gasteiger partial charge in [-0.1, -0.05) is 31.2 Å². The lowest BCUT2D eigenvalue weighted by atomic mass is 9.82. The Kier molecular flexibility index (Phi) is 22.2. The molecule has 24 nitrogen and oxygen atoms in total. The Labute approximate surface area is 419 Å². The molecule has 0 radical (unpaired) electrons. The van der Waals surface area contributed by atoms with Crippen LogP contribution in [-0.2, 0) is 47.5 Å². The van der Waals surface area contributed by atoms with Gasteiger partial charge in [0.1, 0.15) is 47.8 Å². The minimum absolute atomic E-state index is 0.0164. The predicted molar refractivity (Wildman–Crippen MR) is 254 cm³/mol. The van der Waals surface area contributed by atoms with E-state index >= 15 is 0 Å². The van der Waals surface area contributed by atoms with E-state index < -0.39 is 115 Å². The number of methoxy groups -OCH3 is 1. The van der Waals surface area contributed by atoms with Crippen molar-refractivity contribution in [2.75, 3.05) is 60.6 Å². The highest BCUT2D eigenvalue weighted by Gasteiger charge is 2.52. The Bertz CT molecular complexity index is 1980. The van der Waals surface area contributed by atoms with E-state index in [9.17, 15) is 50.0 Å². The molecule has 406 valence electrons. The molecule has 4 saturated heterocycles. The maximum absolute atomic E-state index is 12.8. The lowest BCUT2D eigenvalue weighted by Crippen LogP contribution is -2.65. The number of hydrogen-bond donors (Lipinski definition) is 5. The van der Waals surface area contributed by atoms with Gasteiger partial charge in [0, 0.05) is 46.0 Å². The second-order valence-corrected chi connectivity index (χ2v) is 19.5. The highest BCUT2D eigenvalue weighted by Crippen LogP contribution is 2.37. The number of furan rings is 1. The third-order valence-electron chi connectivity index (χ3n) is 13.4. The number of esters is 1. The predicted octanol–water partition coefficient (Wildman–Crippen LogP) is 1.52. The molecule has 0 unspecified atom stereocenters. The quantitative estimate of drug-likeness (QED) is 0.0615. The number of aldehydes is 1. The maximum Gasteiger partial charge on any atom is 0.433 e. The van der Waals surface area contributed by atoms with Gasteiger partial charge in [-0.15, -0.1) is 0 Å². The zero-order valence-electron chi connectivity index (χ0n) is 42.3. The number of likely N-dealkylation sites (N-methyl/N-ethyl adjacent to an activating group) is 1. The first kappa shape index (κ1) is 58.6. The summed E-state index contributed by atoms with van der Waals surface area (Å²) in [5.41, 5.74) is -1.46. The molecular weight excluding hydrogens is 951 g/mol. The Morgan fingerprint density at radius 1 is 0.986 bits per heavy atom. The Morgan fingerprint density at radius 3 is 2.35 bits per heavy atom. The van der Waals surface area contributed by atoms with Gasteiger partial charge in [-0.2, -0.15) is 10.1 Å². The number of morpholine rings is 1. The summed E-state index contributed by atoms with van der Waals surface area (Å²) >= 11 is 0. The summed E-state index contributed by atoms with van der Waals surface area (Å²) in [5.74, 6) is -1.82. The summed E-state index contributed by atoms with van der Waals surface area (Å²) in [7, 11) is 4.86. The molecule has 1 aromatic rings. The second kappa shape index (κ2) is 27.3. The zero-order valence-corrected chi connectivity index (χ0v) is 42.3. The van der Waals surface area contributed by atoms with E-state index in [2.05, 4.69) is 10.0 Å². The monoisotopic (exact) mass is 1030 g/mol. The van der Waals surface area contributed by atoms with Crippen LogP contribution in [0.4, 0.5) is 10.7 Å². The standard InChI is InChI=1S/C35H59NO13.C13H16N4O6/c1-19-16-23(14-15-37)31(32(44-8)25(39)17-26(40)45-20(2)12-10-9-11-13-24(19)38)49-34-29(41)28(36(6)7)30(21(3)47-34)48-27-18-35(5,43)33(42)22(4)46-27;18-13-16(14-7-10-1-2-12(22-10)17(19)20)9-11(23-13)8-15-3-5-21-6-4-15/h9-11,13,15,19-25,27-34,38-39,41-43H,12,14,16-18H2,1-8H3;1-2,7,11H,3-6,8-9H2/b10-9+,13-11+;14-7+/t19-,20-,21-,22+,23+,24+,25-,27+,28-,29-,30-,31+,32+,33+,34+,35-;11-/m10/s1. The van der Waals surface area contributed by atoms with Crippen LogP contribution in [0.2, 0.25) is 0 Å². The van der Waals surface area contributed by atoms with Gasteiger partial charge >= 0.3 is 17.9 Å². The van der Waals surface area contributed by atoms with Gasteiger partial charge in [-0.05, 0) is 66.1 Å². The van der Waals surface area contributed by atoms with Crippen molar-refractivity contribution in [1.82, 2.24) is 14.8 Å². The van der Waals surface area contributed by atoms with Gasteiger partial charge in [0.25, 0.3) is 0 Å². The Morgan fingerprint density at radius 2 is 1.71 bits per heavy atom. The summed E-state index contributed by atoms with van der Waals surface area (Å²) in [5, 5.41) is 70.9. The van der Waals surface area contributed by atoms with Crippen LogP contribution in [0.5, 0.6) is 0 Å². The summed E-state index contributed by atoms with van der Waals surface area (Å²) in [6.45, 7) is 12.4. The van der Waals surface area contributed by atoms with Crippen molar-refractivity contribution in [2.45, 2.75) is 158 Å². The van der Waals surface area contributed by atoms with Crippen LogP contribution in [0.25, 0.3) is 0 Å². The molecule has 0 spiro atoms. The normalized spacial score (nSPS) is 38.7. The second-order valence-electron chi connectivity index (χ2n) is 19.5. The van der Waals surface area contributed by atoms with Crippen LogP contribution >= 0.6 is 0 Å². The van der Waals surface area contributed by atoms with Gasteiger partial charge < -0.3 is 77.5 Å². The van der Waals surface area contributed by atoms with E-state index in [1.165, 1.54) is 37.4 Å². The van der Waals surface area contributed by atoms with Crippen LogP contribution in [0.1, 0.15) is 72.5 Å². The van der Waals surface area contributed by atoms with Crippen LogP contribution in [0.15, 0.2) is 46.0 Å². The lowest BCUT2D eigenvalue weighted by Gasteiger charge is -2.50. The molecule has 4 fully saturated rings. The fourth-order valence-electron chi connectivity index (χ4n) is 9.44. The van der Waals surface area contributed by atoms with E-state index in [1.54, 1.807) is 58.0 Å². The van der Waals surface area contributed by atoms with Crippen LogP contribution in [0, 0.1) is 22.0 Å². The summed E-state index contributed by atoms with van der Waals surface area (Å²) in [6.07, 6.45) is -3.55. The topological polar surface area (TPSA) is 305 Å². The van der Waals surface area contributed by atoms with Crippen LogP contribution in [-0.4, -0.2) is 222 Å². The molecule has 72 heavy (non-hydrogen) atoms. The number of carbonyl (C=O) groups is 3. The number of nitro groups is 1. The first-order valence-electron chi connectivity index (χ1n) is 24.4. The fraction of sp³-hybridized carbons (Fsp3) is 0.750. The van der Waals surface area contributed by atoms with Gasteiger partial charge in [-0.3, -0.25) is 19.8 Å². The minimum Gasteiger partial charge on any atom is -0.462 e. The van der Waals surface area contributed by atoms with Crippen molar-refractivity contribution in [2.24, 2.45) is 16.9 Å². The molecule has 6 rings (SSSR count). The van der Waals surface area contributed by atoms with Crippen LogP contribution in [0.3, 0.4) is 0 Å². The molecule has 0 aromatic carbocycles. The molecule has 0 saturated carbocycles. The van der Waals surface area contributed by atoms with E-state index in [1.807, 2.05) is 13.0 Å². The molecule has 5 aliphatic rings. The van der Waals surface area contributed by atoms with Crippen molar-refractivity contribution in [3.05, 3.63) is 52.3 Å². The fourth-order valence-corrected chi connectivity index (χ4v) is 9.44. The summed E-state index contributed by atoms with van der Waals surface area (Å²) < 4.78 is 51.6. The number of rotatable bonds is 13. The van der Waals surface area contributed by atoms with Crippen molar-refractivity contribution in [3.63, 3.8) is 0 Å². The SMILES string of the molecule is CO[C@@H]1[C@@H](O[C@@H]2O[C@H](C)[C@@H](O[C@H]3C[C@@](C)(O)[C@@H](O)[C@H](C)O3)[C@H](N(C)C)[C@H]2O)[C@@H](CC=O)C[C@@H](C)[C@@H](O)/C=C/C=C/C[C@@H](C)OC(=O)C[C@H]1O.O=C1O[C@@H](CN2CCOCC2)CN1/N=C/c1ccc([N+](=O)[O-])o1. The minimum atomic E-state index is -1.46. The van der Waals surface area contributed by atoms with Crippen molar-refractivity contribution in [1.29, 1.82) is 0 Å². The average molecular weight is 1030 g/mol. The van der Waals surface area contributed by atoms with E-state index in [0.29, 0.717) is 32.7 Å². The van der Waals surface area contributed by atoms with E-state index in [-0.39, 0.29) is 42.9 Å². The van der Waals surface area contributed by atoms with Crippen molar-refractivity contribution in [3.8, 4) is 0 Å². The molecule has 0 aliphatic carbocycles. The van der Waals surface area contributed by atoms with Gasteiger partial charge in [0.15, 0.2) is 18.3 Å². The Hall–Kier alpha value is -4.28. The highest BCUT2D eigenvalue weighted by atomic mass is 16.7. The first-order valence-corrected chi connectivity index (χ1v) is 24.4. The molecule has 6 heterocycles. The van der Waals surface area contributed by atoms with Crippen molar-refractivity contribution < 1.29 is 87.2 Å². The van der Waals surface area contributed by atoms with E-state index in [4.69, 9.17) is 42.3 Å². The Balaban J connectivity index is 0.000000345. The number of hydrogen-bond acceptors (Lipinski definition) is 22. The van der Waals surface area contributed by atoms with Crippen LogP contribution < -0.4 is 0 Å². The molecule has 24 heteroatoms. The highest BCUT2D eigenvalue weighted by molar-refractivity contribution is 5.78. The van der Waals surface area contributed by atoms with Gasteiger partial charge in [-0.25, -0.2) is 4.79 Å². The number of carbonyl (C=O) groups excluding carboxylic acids is 3. The molecule has 1 amide bonds. The maximum atomic E-state index is 12.8. The lowest BCUT2D eigenvalue weighted by molar-refractivity contribution is -0.402. The summed E-state index contributed by atoms with van der Waals surface area (Å²) in [6, 6.07) is 1.92. The zero-order chi connectivity index (χ0) is 52.9. The third kappa shape index (κ3) is 16.4. The van der Waals surface area contributed by atoms with Gasteiger partial charge in [0.2, 0.25) is 0 Å². The number of amides is 1. The molecular formula is C48H75N5O19. The molecule has 17 atom stereocenters. The third-order valence-corrected chi connectivity index (χ3v) is 13.4. The number of nitrogens with zero attached hydrogens (tertiary/aromatic N) is 5. The first-order chi connectivity index (χ1) is 34.1. The average Bonchev–Trinajstić information content (AvgIpc) is 3.94. The summed E-state index contributed by atoms with van der Waals surface area (Å²) in [4.78, 5) is 50.4. The van der Waals surface area contributed by atoms with Gasteiger partial charge in [0.05, 0.1) is 80.6 Å². The number of cyclic esters (lactones) is 2. The van der Waals surface area contributed by atoms with E-state index in [0.717, 1.165) is 19.4 Å². The largest absolute Gasteiger partial charge is 0.462 e. The number of ether oxygens (including phenoxy) is 8. The molecule has 1 aromatic heterocycles.